The van der Waals surface area contributed by atoms with E-state index >= 15 is 0 Å². The Morgan fingerprint density at radius 2 is 2.00 bits per heavy atom. The number of hydrogen-bond acceptors (Lipinski definition) is 2. The van der Waals surface area contributed by atoms with Gasteiger partial charge in [-0.05, 0) is 24.3 Å². The van der Waals surface area contributed by atoms with Crippen molar-refractivity contribution in [3.05, 3.63) is 48.0 Å². The highest BCUT2D eigenvalue weighted by Gasteiger charge is 2.02. The molecule has 1 aromatic carbocycles. The topological polar surface area (TPSA) is 41.6 Å². The van der Waals surface area contributed by atoms with Gasteiger partial charge in [0.25, 0.3) is 0 Å². The Kier molecular flexibility index (Phi) is 4.36. The van der Waals surface area contributed by atoms with Crippen LogP contribution in [0.1, 0.15) is 11.3 Å². The smallest absolute Gasteiger partial charge is 0.0994 e. The molecule has 1 aromatic heterocycles. The van der Waals surface area contributed by atoms with Crippen LogP contribution in [0.4, 0.5) is 0 Å². The molecule has 0 saturated heterocycles. The van der Waals surface area contributed by atoms with Gasteiger partial charge in [0.1, 0.15) is 0 Å². The van der Waals surface area contributed by atoms with E-state index in [0.29, 0.717) is 11.4 Å². The van der Waals surface area contributed by atoms with Crippen molar-refractivity contribution in [1.82, 2.24) is 9.55 Å². The van der Waals surface area contributed by atoms with Crippen LogP contribution in [0.25, 0.3) is 5.69 Å². The molecule has 0 unspecified atom stereocenters. The summed E-state index contributed by atoms with van der Waals surface area (Å²) in [6.07, 6.45) is 3.43. The molecule has 3 nitrogen and oxygen atoms in total. The average Bonchev–Trinajstić information content (AvgIpc) is 2.77. The molecule has 0 bridgehead atoms. The Morgan fingerprint density at radius 1 is 1.31 bits per heavy atom. The predicted octanol–water partition coefficient (Wildman–Crippen LogP) is 2.90. The second kappa shape index (κ2) is 5.55. The minimum Gasteiger partial charge on any atom is -0.302 e. The number of halogens is 2. The molecule has 0 aliphatic carbocycles. The Morgan fingerprint density at radius 3 is 2.56 bits per heavy atom. The highest BCUT2D eigenvalue weighted by molar-refractivity contribution is 6.16. The SMILES string of the molecule is Cl.N#Cc1ccc(-n2cncc2CCl)cc1. The fourth-order valence-electron chi connectivity index (χ4n) is 1.35. The average molecular weight is 254 g/mol. The number of hydrogen-bond donors (Lipinski definition) is 0. The van der Waals surface area contributed by atoms with E-state index in [1.165, 1.54) is 0 Å². The van der Waals surface area contributed by atoms with E-state index in [4.69, 9.17) is 16.9 Å². The Balaban J connectivity index is 0.00000128. The number of rotatable bonds is 2. The van der Waals surface area contributed by atoms with E-state index < -0.39 is 0 Å². The lowest BCUT2D eigenvalue weighted by atomic mass is 10.2. The number of imidazole rings is 1. The molecule has 0 saturated carbocycles. The van der Waals surface area contributed by atoms with E-state index in [1.54, 1.807) is 24.7 Å². The minimum absolute atomic E-state index is 0. The van der Waals surface area contributed by atoms with Crippen LogP contribution in [0.5, 0.6) is 0 Å². The molecule has 2 rings (SSSR count). The molecule has 2 aromatic rings. The highest BCUT2D eigenvalue weighted by atomic mass is 35.5. The normalized spacial score (nSPS) is 9.25. The third-order valence-electron chi connectivity index (χ3n) is 2.13. The van der Waals surface area contributed by atoms with Crippen LogP contribution in [0.3, 0.4) is 0 Å². The predicted molar refractivity (Wildman–Crippen MR) is 65.1 cm³/mol. The molecule has 16 heavy (non-hydrogen) atoms. The van der Waals surface area contributed by atoms with Gasteiger partial charge in [-0.25, -0.2) is 4.98 Å². The molecule has 1 heterocycles. The molecule has 0 aliphatic heterocycles. The van der Waals surface area contributed by atoms with Gasteiger partial charge in [-0.3, -0.25) is 0 Å². The summed E-state index contributed by atoms with van der Waals surface area (Å²) in [6, 6.07) is 9.36. The first-order valence-electron chi connectivity index (χ1n) is 4.43. The maximum Gasteiger partial charge on any atom is 0.0994 e. The molecule has 0 N–H and O–H groups in total. The molecule has 82 valence electrons. The van der Waals surface area contributed by atoms with Crippen molar-refractivity contribution in [3.63, 3.8) is 0 Å². The van der Waals surface area contributed by atoms with Gasteiger partial charge in [0.15, 0.2) is 0 Å². The maximum absolute atomic E-state index is 8.67. The van der Waals surface area contributed by atoms with E-state index in [9.17, 15) is 0 Å². The summed E-state index contributed by atoms with van der Waals surface area (Å²) in [4.78, 5) is 4.03. The van der Waals surface area contributed by atoms with Gasteiger partial charge in [0, 0.05) is 11.9 Å². The molecule has 0 spiro atoms. The molecule has 0 fully saturated rings. The van der Waals surface area contributed by atoms with Crippen LogP contribution in [0.15, 0.2) is 36.8 Å². The van der Waals surface area contributed by atoms with E-state index in [2.05, 4.69) is 11.1 Å². The fraction of sp³-hybridized carbons (Fsp3) is 0.0909. The van der Waals surface area contributed by atoms with Gasteiger partial charge in [-0.1, -0.05) is 0 Å². The highest BCUT2D eigenvalue weighted by Crippen LogP contribution is 2.13. The van der Waals surface area contributed by atoms with Crippen molar-refractivity contribution in [3.8, 4) is 11.8 Å². The van der Waals surface area contributed by atoms with Crippen molar-refractivity contribution >= 4 is 24.0 Å². The van der Waals surface area contributed by atoms with Gasteiger partial charge in [-0.15, -0.1) is 24.0 Å². The van der Waals surface area contributed by atoms with Crippen LogP contribution in [0, 0.1) is 11.3 Å². The Hall–Kier alpha value is -1.50. The van der Waals surface area contributed by atoms with E-state index in [0.717, 1.165) is 11.4 Å². The monoisotopic (exact) mass is 253 g/mol. The first-order chi connectivity index (χ1) is 7.35. The number of alkyl halides is 1. The van der Waals surface area contributed by atoms with Crippen molar-refractivity contribution < 1.29 is 0 Å². The third-order valence-corrected chi connectivity index (χ3v) is 2.40. The van der Waals surface area contributed by atoms with Crippen molar-refractivity contribution in [2.45, 2.75) is 5.88 Å². The van der Waals surface area contributed by atoms with Crippen molar-refractivity contribution in [2.75, 3.05) is 0 Å². The first-order valence-corrected chi connectivity index (χ1v) is 4.96. The second-order valence-electron chi connectivity index (χ2n) is 3.05. The number of aromatic nitrogens is 2. The zero-order valence-corrected chi connectivity index (χ0v) is 9.87. The first kappa shape index (κ1) is 12.6. The van der Waals surface area contributed by atoms with Crippen LogP contribution in [0.2, 0.25) is 0 Å². The third kappa shape index (κ3) is 2.35. The van der Waals surface area contributed by atoms with Crippen molar-refractivity contribution in [2.24, 2.45) is 0 Å². The largest absolute Gasteiger partial charge is 0.302 e. The van der Waals surface area contributed by atoms with Gasteiger partial charge in [-0.2, -0.15) is 5.26 Å². The lowest BCUT2D eigenvalue weighted by molar-refractivity contribution is 0.992. The summed E-state index contributed by atoms with van der Waals surface area (Å²) in [6.45, 7) is 0. The molecule has 0 amide bonds. The van der Waals surface area contributed by atoms with Gasteiger partial charge >= 0.3 is 0 Å². The quantitative estimate of drug-likeness (QED) is 0.773. The lowest BCUT2D eigenvalue weighted by Crippen LogP contribution is -1.96. The zero-order chi connectivity index (χ0) is 10.7. The van der Waals surface area contributed by atoms with Crippen LogP contribution >= 0.6 is 24.0 Å². The number of nitriles is 1. The molecular weight excluding hydrogens is 245 g/mol. The Labute approximate surface area is 105 Å². The fourth-order valence-corrected chi connectivity index (χ4v) is 1.55. The molecule has 0 radical (unpaired) electrons. The minimum atomic E-state index is 0. The van der Waals surface area contributed by atoms with Gasteiger partial charge in [0.05, 0.1) is 29.5 Å². The van der Waals surface area contributed by atoms with Crippen LogP contribution in [-0.2, 0) is 5.88 Å². The molecular formula is C11H9Cl2N3. The zero-order valence-electron chi connectivity index (χ0n) is 8.30. The summed E-state index contributed by atoms with van der Waals surface area (Å²) in [7, 11) is 0. The van der Waals surface area contributed by atoms with Gasteiger partial charge < -0.3 is 4.57 Å². The maximum atomic E-state index is 8.67. The summed E-state index contributed by atoms with van der Waals surface area (Å²) < 4.78 is 1.90. The summed E-state index contributed by atoms with van der Waals surface area (Å²) in [5.41, 5.74) is 2.54. The molecule has 0 aliphatic rings. The van der Waals surface area contributed by atoms with E-state index in [-0.39, 0.29) is 12.4 Å². The molecule has 5 heteroatoms. The van der Waals surface area contributed by atoms with E-state index in [1.807, 2.05) is 16.7 Å². The Bertz CT molecular complexity index is 497. The van der Waals surface area contributed by atoms with Gasteiger partial charge in [0.2, 0.25) is 0 Å². The second-order valence-corrected chi connectivity index (χ2v) is 3.31. The van der Waals surface area contributed by atoms with Crippen LogP contribution < -0.4 is 0 Å². The summed E-state index contributed by atoms with van der Waals surface area (Å²) in [5, 5.41) is 8.67. The summed E-state index contributed by atoms with van der Waals surface area (Å²) >= 11 is 5.77. The number of benzene rings is 1. The standard InChI is InChI=1S/C11H8ClN3.ClH/c12-5-11-7-14-8-15(11)10-3-1-9(6-13)2-4-10;/h1-4,7-8H,5H2;1H. The molecule has 0 atom stereocenters. The van der Waals surface area contributed by atoms with Crippen molar-refractivity contribution in [1.29, 1.82) is 5.26 Å². The lowest BCUT2D eigenvalue weighted by Gasteiger charge is -2.05. The van der Waals surface area contributed by atoms with Crippen LogP contribution in [-0.4, -0.2) is 9.55 Å². The summed E-state index contributed by atoms with van der Waals surface area (Å²) in [5.74, 6) is 0.417. The number of nitrogens with zero attached hydrogens (tertiary/aromatic N) is 3.